The Labute approximate surface area is 134 Å². The molecule has 2 rings (SSSR count). The number of halogens is 1. The number of benzene rings is 1. The third kappa shape index (κ3) is 4.97. The van der Waals surface area contributed by atoms with Gasteiger partial charge in [0.2, 0.25) is 0 Å². The summed E-state index contributed by atoms with van der Waals surface area (Å²) in [6, 6.07) is 5.77. The van der Waals surface area contributed by atoms with Gasteiger partial charge in [0.25, 0.3) is 0 Å². The molecule has 0 atom stereocenters. The van der Waals surface area contributed by atoms with E-state index < -0.39 is 0 Å². The van der Waals surface area contributed by atoms with Crippen molar-refractivity contribution in [1.82, 2.24) is 10.3 Å². The van der Waals surface area contributed by atoms with Gasteiger partial charge in [0, 0.05) is 31.1 Å². The van der Waals surface area contributed by atoms with Crippen LogP contribution in [0.5, 0.6) is 5.75 Å². The third-order valence-electron chi connectivity index (χ3n) is 2.88. The molecule has 0 fully saturated rings. The first kappa shape index (κ1) is 16.2. The standard InChI is InChI=1S/C15H19ClN2O2S/c1-11-18-13(10-21-11)9-20-15-12(4-3-5-14(15)16)8-17-6-7-19-2/h3-5,10,17H,6-9H2,1-2H3. The second-order valence-corrected chi connectivity index (χ2v) is 6.01. The van der Waals surface area contributed by atoms with E-state index in [9.17, 15) is 0 Å². The quantitative estimate of drug-likeness (QED) is 0.755. The molecule has 1 aromatic carbocycles. The van der Waals surface area contributed by atoms with Gasteiger partial charge in [-0.2, -0.15) is 0 Å². The molecule has 1 heterocycles. The van der Waals surface area contributed by atoms with E-state index in [4.69, 9.17) is 21.1 Å². The van der Waals surface area contributed by atoms with Crippen LogP contribution in [-0.2, 0) is 17.9 Å². The average Bonchev–Trinajstić information content (AvgIpc) is 2.88. The number of thiazole rings is 1. The number of hydrogen-bond donors (Lipinski definition) is 1. The fourth-order valence-corrected chi connectivity index (χ4v) is 2.72. The molecule has 0 aliphatic carbocycles. The molecule has 2 aromatic rings. The molecule has 0 unspecified atom stereocenters. The summed E-state index contributed by atoms with van der Waals surface area (Å²) in [5.74, 6) is 0.717. The van der Waals surface area contributed by atoms with Crippen molar-refractivity contribution in [2.75, 3.05) is 20.3 Å². The lowest BCUT2D eigenvalue weighted by molar-refractivity contribution is 0.199. The van der Waals surface area contributed by atoms with Crippen LogP contribution in [0.25, 0.3) is 0 Å². The number of nitrogens with zero attached hydrogens (tertiary/aromatic N) is 1. The van der Waals surface area contributed by atoms with Gasteiger partial charge in [0.05, 0.1) is 22.3 Å². The summed E-state index contributed by atoms with van der Waals surface area (Å²) < 4.78 is 10.9. The molecule has 0 saturated carbocycles. The second kappa shape index (κ2) is 8.34. The highest BCUT2D eigenvalue weighted by molar-refractivity contribution is 7.09. The maximum Gasteiger partial charge on any atom is 0.142 e. The fourth-order valence-electron chi connectivity index (χ4n) is 1.87. The van der Waals surface area contributed by atoms with Crippen molar-refractivity contribution >= 4 is 22.9 Å². The molecule has 6 heteroatoms. The van der Waals surface area contributed by atoms with E-state index in [0.29, 0.717) is 24.8 Å². The Hall–Kier alpha value is -1.14. The van der Waals surface area contributed by atoms with Crippen LogP contribution >= 0.6 is 22.9 Å². The van der Waals surface area contributed by atoms with Crippen molar-refractivity contribution in [2.45, 2.75) is 20.1 Å². The van der Waals surface area contributed by atoms with Gasteiger partial charge >= 0.3 is 0 Å². The van der Waals surface area contributed by atoms with Crippen LogP contribution in [0.2, 0.25) is 5.02 Å². The minimum atomic E-state index is 0.430. The zero-order chi connectivity index (χ0) is 15.1. The van der Waals surface area contributed by atoms with Crippen molar-refractivity contribution in [3.05, 3.63) is 44.9 Å². The van der Waals surface area contributed by atoms with E-state index in [0.717, 1.165) is 28.6 Å². The van der Waals surface area contributed by atoms with E-state index in [1.165, 1.54) is 0 Å². The predicted octanol–water partition coefficient (Wildman–Crippen LogP) is 3.42. The maximum absolute atomic E-state index is 6.25. The van der Waals surface area contributed by atoms with Crippen LogP contribution in [0, 0.1) is 6.92 Å². The first-order valence-corrected chi connectivity index (χ1v) is 7.97. The van der Waals surface area contributed by atoms with E-state index in [1.807, 2.05) is 30.5 Å². The molecule has 0 bridgehead atoms. The van der Waals surface area contributed by atoms with Crippen LogP contribution in [0.15, 0.2) is 23.6 Å². The lowest BCUT2D eigenvalue weighted by Gasteiger charge is -2.13. The molecule has 0 radical (unpaired) electrons. The monoisotopic (exact) mass is 326 g/mol. The minimum Gasteiger partial charge on any atom is -0.485 e. The molecule has 0 aliphatic rings. The zero-order valence-electron chi connectivity index (χ0n) is 12.2. The number of nitrogens with one attached hydrogen (secondary N) is 1. The summed E-state index contributed by atoms with van der Waals surface area (Å²) in [6.07, 6.45) is 0. The van der Waals surface area contributed by atoms with Crippen molar-refractivity contribution in [2.24, 2.45) is 0 Å². The molecule has 1 aromatic heterocycles. The first-order chi connectivity index (χ1) is 10.2. The summed E-state index contributed by atoms with van der Waals surface area (Å²) in [4.78, 5) is 4.39. The van der Waals surface area contributed by atoms with Gasteiger partial charge < -0.3 is 14.8 Å². The van der Waals surface area contributed by atoms with Gasteiger partial charge in [-0.25, -0.2) is 4.98 Å². The van der Waals surface area contributed by atoms with Crippen LogP contribution in [0.4, 0.5) is 0 Å². The smallest absolute Gasteiger partial charge is 0.142 e. The molecule has 0 amide bonds. The van der Waals surface area contributed by atoms with E-state index in [2.05, 4.69) is 10.3 Å². The second-order valence-electron chi connectivity index (χ2n) is 4.54. The number of aryl methyl sites for hydroxylation is 1. The summed E-state index contributed by atoms with van der Waals surface area (Å²) >= 11 is 7.86. The Morgan fingerprint density at radius 1 is 1.38 bits per heavy atom. The summed E-state index contributed by atoms with van der Waals surface area (Å²) in [6.45, 7) is 4.56. The number of para-hydroxylation sites is 1. The van der Waals surface area contributed by atoms with Gasteiger partial charge in [-0.3, -0.25) is 0 Å². The molecular formula is C15H19ClN2O2S. The third-order valence-corrected chi connectivity index (χ3v) is 4.00. The van der Waals surface area contributed by atoms with Crippen LogP contribution < -0.4 is 10.1 Å². The highest BCUT2D eigenvalue weighted by atomic mass is 35.5. The molecule has 0 spiro atoms. The van der Waals surface area contributed by atoms with Gasteiger partial charge in [-0.15, -0.1) is 11.3 Å². The molecule has 1 N–H and O–H groups in total. The van der Waals surface area contributed by atoms with Crippen molar-refractivity contribution in [3.63, 3.8) is 0 Å². The lowest BCUT2D eigenvalue weighted by atomic mass is 10.2. The predicted molar refractivity (Wildman–Crippen MR) is 86.2 cm³/mol. The Balaban J connectivity index is 1.99. The molecule has 4 nitrogen and oxygen atoms in total. The van der Waals surface area contributed by atoms with E-state index in [1.54, 1.807) is 18.4 Å². The Morgan fingerprint density at radius 2 is 2.24 bits per heavy atom. The zero-order valence-corrected chi connectivity index (χ0v) is 13.8. The largest absolute Gasteiger partial charge is 0.485 e. The SMILES string of the molecule is COCCNCc1cccc(Cl)c1OCc1csc(C)n1. The normalized spacial score (nSPS) is 10.8. The van der Waals surface area contributed by atoms with Crippen molar-refractivity contribution in [1.29, 1.82) is 0 Å². The molecule has 21 heavy (non-hydrogen) atoms. The maximum atomic E-state index is 6.25. The van der Waals surface area contributed by atoms with Crippen LogP contribution in [0.1, 0.15) is 16.3 Å². The van der Waals surface area contributed by atoms with Gasteiger partial charge in [-0.1, -0.05) is 23.7 Å². The number of hydrogen-bond acceptors (Lipinski definition) is 5. The number of ether oxygens (including phenoxy) is 2. The first-order valence-electron chi connectivity index (χ1n) is 6.71. The highest BCUT2D eigenvalue weighted by Gasteiger charge is 2.09. The molecule has 0 aliphatic heterocycles. The average molecular weight is 327 g/mol. The van der Waals surface area contributed by atoms with E-state index in [-0.39, 0.29) is 0 Å². The fraction of sp³-hybridized carbons (Fsp3) is 0.400. The van der Waals surface area contributed by atoms with Crippen molar-refractivity contribution in [3.8, 4) is 5.75 Å². The van der Waals surface area contributed by atoms with Gasteiger partial charge in [-0.05, 0) is 13.0 Å². The van der Waals surface area contributed by atoms with Gasteiger partial charge in [0.15, 0.2) is 0 Å². The van der Waals surface area contributed by atoms with Crippen molar-refractivity contribution < 1.29 is 9.47 Å². The Morgan fingerprint density at radius 3 is 2.95 bits per heavy atom. The van der Waals surface area contributed by atoms with Crippen LogP contribution in [0.3, 0.4) is 0 Å². The summed E-state index contributed by atoms with van der Waals surface area (Å²) in [7, 11) is 1.69. The number of methoxy groups -OCH3 is 1. The van der Waals surface area contributed by atoms with Crippen LogP contribution in [-0.4, -0.2) is 25.2 Å². The number of aromatic nitrogens is 1. The highest BCUT2D eigenvalue weighted by Crippen LogP contribution is 2.29. The molecular weight excluding hydrogens is 308 g/mol. The lowest BCUT2D eigenvalue weighted by Crippen LogP contribution is -2.19. The van der Waals surface area contributed by atoms with E-state index >= 15 is 0 Å². The molecule has 0 saturated heterocycles. The minimum absolute atomic E-state index is 0.430. The number of rotatable bonds is 8. The summed E-state index contributed by atoms with van der Waals surface area (Å²) in [5.41, 5.74) is 1.96. The molecule has 114 valence electrons. The Bertz CT molecular complexity index is 575. The summed E-state index contributed by atoms with van der Waals surface area (Å²) in [5, 5.41) is 6.95. The van der Waals surface area contributed by atoms with Gasteiger partial charge in [0.1, 0.15) is 12.4 Å². The Kier molecular flexibility index (Phi) is 6.45. The topological polar surface area (TPSA) is 43.4 Å².